The van der Waals surface area contributed by atoms with Crippen LogP contribution in [0.1, 0.15) is 35.1 Å². The number of benzene rings is 2. The quantitative estimate of drug-likeness (QED) is 0.486. The number of pyridine rings is 1. The van der Waals surface area contributed by atoms with Gasteiger partial charge >= 0.3 is 0 Å². The Morgan fingerprint density at radius 2 is 1.71 bits per heavy atom. The second kappa shape index (κ2) is 10.00. The fourth-order valence-corrected chi connectivity index (χ4v) is 4.65. The number of likely N-dealkylation sites (tertiary alicyclic amines) is 1. The summed E-state index contributed by atoms with van der Waals surface area (Å²) in [6, 6.07) is 21.1. The molecule has 3 aromatic rings. The normalized spacial score (nSPS) is 17.8. The molecule has 0 aliphatic carbocycles. The summed E-state index contributed by atoms with van der Waals surface area (Å²) in [6.45, 7) is 2.60. The lowest BCUT2D eigenvalue weighted by Crippen LogP contribution is -2.43. The average Bonchev–Trinajstić information content (AvgIpc) is 3.08. The molecule has 0 bridgehead atoms. The molecule has 1 atom stereocenters. The van der Waals surface area contributed by atoms with Crippen molar-refractivity contribution < 1.29 is 14.4 Å². The largest absolute Gasteiger partial charge is 0.345 e. The predicted molar refractivity (Wildman–Crippen MR) is 130 cm³/mol. The van der Waals surface area contributed by atoms with Crippen molar-refractivity contribution in [2.24, 2.45) is 0 Å². The maximum Gasteiger partial charge on any atom is 0.241 e. The molecule has 0 N–H and O–H groups in total. The zero-order valence-corrected chi connectivity index (χ0v) is 19.6. The van der Waals surface area contributed by atoms with Gasteiger partial charge in [-0.1, -0.05) is 60.7 Å². The Morgan fingerprint density at radius 1 is 1.00 bits per heavy atom. The molecule has 0 unspecified atom stereocenters. The number of aryl methyl sites for hydroxylation is 1. The number of imide groups is 1. The number of aromatic nitrogens is 1. The summed E-state index contributed by atoms with van der Waals surface area (Å²) in [5, 5.41) is 0. The first-order valence-electron chi connectivity index (χ1n) is 11.5. The Morgan fingerprint density at radius 3 is 2.41 bits per heavy atom. The van der Waals surface area contributed by atoms with E-state index in [1.54, 1.807) is 30.4 Å². The fourth-order valence-electron chi connectivity index (χ4n) is 4.65. The third-order valence-corrected chi connectivity index (χ3v) is 6.59. The van der Waals surface area contributed by atoms with Gasteiger partial charge in [-0.15, -0.1) is 0 Å². The summed E-state index contributed by atoms with van der Waals surface area (Å²) < 4.78 is 0. The summed E-state index contributed by atoms with van der Waals surface area (Å²) in [4.78, 5) is 47.4. The maximum absolute atomic E-state index is 13.8. The predicted octanol–water partition coefficient (Wildman–Crippen LogP) is 3.68. The summed E-state index contributed by atoms with van der Waals surface area (Å²) >= 11 is 0. The molecule has 2 aromatic carbocycles. The standard InChI is InChI=1S/C28H29N3O3/c1-21-9-6-7-13-24(21)28(17-25(32)30(2)16-14-22-10-4-3-5-11-22)18-26(33)31(27(28)34)20-23-12-8-15-29-19-23/h3-13,15,19H,14,16-18,20H2,1-2H3/t28-/m0/s1. The SMILES string of the molecule is Cc1ccccc1[C@]1(CC(=O)N(C)CCc2ccccc2)CC(=O)N(Cc2cccnc2)C1=O. The number of rotatable bonds is 8. The van der Waals surface area contributed by atoms with E-state index in [-0.39, 0.29) is 37.1 Å². The van der Waals surface area contributed by atoms with Crippen LogP contribution in [0, 0.1) is 6.92 Å². The van der Waals surface area contributed by atoms with E-state index in [2.05, 4.69) is 4.98 Å². The van der Waals surface area contributed by atoms with Crippen LogP contribution >= 0.6 is 0 Å². The van der Waals surface area contributed by atoms with Crippen LogP contribution in [0.4, 0.5) is 0 Å². The average molecular weight is 456 g/mol. The summed E-state index contributed by atoms with van der Waals surface area (Å²) in [5.74, 6) is -0.735. The molecule has 6 heteroatoms. The fraction of sp³-hybridized carbons (Fsp3) is 0.286. The molecule has 34 heavy (non-hydrogen) atoms. The number of carbonyl (C=O) groups is 3. The molecule has 1 aliphatic heterocycles. The molecule has 4 rings (SSSR count). The molecule has 1 fully saturated rings. The molecule has 1 aromatic heterocycles. The van der Waals surface area contributed by atoms with Gasteiger partial charge in [-0.25, -0.2) is 0 Å². The van der Waals surface area contributed by atoms with Crippen LogP contribution in [-0.2, 0) is 32.8 Å². The Labute approximate surface area is 200 Å². The van der Waals surface area contributed by atoms with Crippen LogP contribution in [0.15, 0.2) is 79.1 Å². The van der Waals surface area contributed by atoms with Crippen LogP contribution in [0.25, 0.3) is 0 Å². The number of carbonyl (C=O) groups excluding carboxylic acids is 3. The van der Waals surface area contributed by atoms with Gasteiger partial charge in [0.15, 0.2) is 0 Å². The highest BCUT2D eigenvalue weighted by Gasteiger charge is 2.54. The topological polar surface area (TPSA) is 70.6 Å². The highest BCUT2D eigenvalue weighted by Crippen LogP contribution is 2.42. The monoisotopic (exact) mass is 455 g/mol. The molecule has 0 spiro atoms. The Kier molecular flexibility index (Phi) is 6.87. The van der Waals surface area contributed by atoms with Crippen molar-refractivity contribution in [3.8, 4) is 0 Å². The van der Waals surface area contributed by atoms with Crippen molar-refractivity contribution in [3.05, 3.63) is 101 Å². The minimum Gasteiger partial charge on any atom is -0.345 e. The number of hydrogen-bond acceptors (Lipinski definition) is 4. The minimum absolute atomic E-state index is 0.0186. The van der Waals surface area contributed by atoms with Crippen LogP contribution in [-0.4, -0.2) is 46.1 Å². The van der Waals surface area contributed by atoms with Gasteiger partial charge in [-0.3, -0.25) is 24.3 Å². The van der Waals surface area contributed by atoms with Gasteiger partial charge in [-0.2, -0.15) is 0 Å². The molecule has 1 aliphatic rings. The lowest BCUT2D eigenvalue weighted by molar-refractivity contribution is -0.143. The summed E-state index contributed by atoms with van der Waals surface area (Å²) in [7, 11) is 1.76. The number of hydrogen-bond donors (Lipinski definition) is 0. The summed E-state index contributed by atoms with van der Waals surface area (Å²) in [6.07, 6.45) is 3.96. The van der Waals surface area contributed by atoms with Crippen molar-refractivity contribution >= 4 is 17.7 Å². The first kappa shape index (κ1) is 23.4. The molecule has 0 saturated carbocycles. The molecular formula is C28H29N3O3. The molecule has 3 amide bonds. The van der Waals surface area contributed by atoms with Crippen LogP contribution in [0.3, 0.4) is 0 Å². The molecule has 174 valence electrons. The van der Waals surface area contributed by atoms with E-state index < -0.39 is 5.41 Å². The van der Waals surface area contributed by atoms with E-state index >= 15 is 0 Å². The van der Waals surface area contributed by atoms with E-state index in [0.29, 0.717) is 6.54 Å². The van der Waals surface area contributed by atoms with Crippen molar-refractivity contribution in [2.75, 3.05) is 13.6 Å². The lowest BCUT2D eigenvalue weighted by atomic mass is 9.74. The highest BCUT2D eigenvalue weighted by molar-refractivity contribution is 6.10. The highest BCUT2D eigenvalue weighted by atomic mass is 16.2. The Balaban J connectivity index is 1.59. The Bertz CT molecular complexity index is 1180. The van der Waals surface area contributed by atoms with Crippen molar-refractivity contribution in [3.63, 3.8) is 0 Å². The molecular weight excluding hydrogens is 426 g/mol. The second-order valence-electron chi connectivity index (χ2n) is 8.95. The maximum atomic E-state index is 13.8. The first-order chi connectivity index (χ1) is 16.4. The van der Waals surface area contributed by atoms with Crippen molar-refractivity contribution in [1.82, 2.24) is 14.8 Å². The van der Waals surface area contributed by atoms with E-state index in [1.807, 2.05) is 67.6 Å². The molecule has 1 saturated heterocycles. The first-order valence-corrected chi connectivity index (χ1v) is 11.5. The van der Waals surface area contributed by atoms with Gasteiger partial charge in [0, 0.05) is 38.8 Å². The smallest absolute Gasteiger partial charge is 0.241 e. The van der Waals surface area contributed by atoms with Gasteiger partial charge < -0.3 is 4.90 Å². The van der Waals surface area contributed by atoms with Crippen LogP contribution in [0.5, 0.6) is 0 Å². The third kappa shape index (κ3) is 4.76. The van der Waals surface area contributed by atoms with Crippen molar-refractivity contribution in [2.45, 2.75) is 38.1 Å². The Hall–Kier alpha value is -3.80. The van der Waals surface area contributed by atoms with Crippen LogP contribution < -0.4 is 0 Å². The molecule has 6 nitrogen and oxygen atoms in total. The zero-order valence-electron chi connectivity index (χ0n) is 19.6. The van der Waals surface area contributed by atoms with Gasteiger partial charge in [0.2, 0.25) is 17.7 Å². The van der Waals surface area contributed by atoms with E-state index in [1.165, 1.54) is 4.90 Å². The van der Waals surface area contributed by atoms with Gasteiger partial charge in [0.1, 0.15) is 0 Å². The van der Waals surface area contributed by atoms with E-state index in [0.717, 1.165) is 28.7 Å². The van der Waals surface area contributed by atoms with Crippen LogP contribution in [0.2, 0.25) is 0 Å². The van der Waals surface area contributed by atoms with Crippen molar-refractivity contribution in [1.29, 1.82) is 0 Å². The molecule has 2 heterocycles. The number of likely N-dealkylation sites (N-methyl/N-ethyl adjacent to an activating group) is 1. The molecule has 0 radical (unpaired) electrons. The number of nitrogens with zero attached hydrogens (tertiary/aromatic N) is 3. The second-order valence-corrected chi connectivity index (χ2v) is 8.95. The zero-order chi connectivity index (χ0) is 24.1. The van der Waals surface area contributed by atoms with Gasteiger partial charge in [0.05, 0.1) is 12.0 Å². The summed E-state index contributed by atoms with van der Waals surface area (Å²) in [5.41, 5.74) is 2.35. The van der Waals surface area contributed by atoms with Gasteiger partial charge in [-0.05, 0) is 41.7 Å². The van der Waals surface area contributed by atoms with E-state index in [9.17, 15) is 14.4 Å². The van der Waals surface area contributed by atoms with E-state index in [4.69, 9.17) is 0 Å². The van der Waals surface area contributed by atoms with Gasteiger partial charge in [0.25, 0.3) is 0 Å². The third-order valence-electron chi connectivity index (χ3n) is 6.59. The lowest BCUT2D eigenvalue weighted by Gasteiger charge is -2.30. The minimum atomic E-state index is -1.21. The number of amides is 3.